The molecule has 5 rings (SSSR count). The lowest BCUT2D eigenvalue weighted by Gasteiger charge is -2.51. The van der Waals surface area contributed by atoms with Crippen LogP contribution in [0.15, 0.2) is 47.7 Å². The highest BCUT2D eigenvalue weighted by Gasteiger charge is 2.49. The van der Waals surface area contributed by atoms with Gasteiger partial charge in [-0.15, -0.1) is 0 Å². The van der Waals surface area contributed by atoms with Crippen LogP contribution >= 0.6 is 0 Å². The zero-order valence-electron chi connectivity index (χ0n) is 21.9. The van der Waals surface area contributed by atoms with E-state index in [2.05, 4.69) is 41.2 Å². The minimum atomic E-state index is -0.634. The number of rotatable bonds is 5. The maximum atomic E-state index is 13.3. The standard InChI is InChI=1S/C27H35N5O5/c1-27-18(15-21(36-4)16-23(27)31-13-11-29(2)12-14-31)5-10-22(37-27)25(34)28-19-6-8-20(9-7-19)32-24(33)17-30(3)26(32)35/h6-9,15-16,22-23H,5,10-14,17H2,1-4H3,(H,28,34). The van der Waals surface area contributed by atoms with Gasteiger partial charge in [0.25, 0.3) is 11.8 Å². The maximum Gasteiger partial charge on any atom is 0.331 e. The van der Waals surface area contributed by atoms with Crippen molar-refractivity contribution >= 4 is 29.2 Å². The van der Waals surface area contributed by atoms with E-state index in [1.165, 1.54) is 4.90 Å². The number of imide groups is 1. The molecular formula is C27H35N5O5. The van der Waals surface area contributed by atoms with Gasteiger partial charge in [0.2, 0.25) is 0 Å². The molecule has 0 bridgehead atoms. The van der Waals surface area contributed by atoms with Gasteiger partial charge in [-0.2, -0.15) is 0 Å². The third-order valence-electron chi connectivity index (χ3n) is 7.90. The summed E-state index contributed by atoms with van der Waals surface area (Å²) in [5.41, 5.74) is 1.57. The summed E-state index contributed by atoms with van der Waals surface area (Å²) in [6, 6.07) is 6.33. The van der Waals surface area contributed by atoms with Crippen molar-refractivity contribution in [2.45, 2.75) is 37.5 Å². The van der Waals surface area contributed by atoms with Crippen molar-refractivity contribution in [3.63, 3.8) is 0 Å². The number of ether oxygens (including phenoxy) is 2. The van der Waals surface area contributed by atoms with E-state index in [0.29, 0.717) is 17.8 Å². The third-order valence-corrected chi connectivity index (χ3v) is 7.90. The molecule has 0 spiro atoms. The van der Waals surface area contributed by atoms with Crippen LogP contribution in [-0.4, -0.2) is 104 Å². The van der Waals surface area contributed by atoms with Gasteiger partial charge in [-0.05, 0) is 68.8 Å². The number of fused-ring (bicyclic) bond motifs is 1. The number of amides is 4. The van der Waals surface area contributed by atoms with Gasteiger partial charge in [0.05, 0.1) is 18.8 Å². The molecule has 4 amide bonds. The number of nitrogens with zero attached hydrogens (tertiary/aromatic N) is 4. The van der Waals surface area contributed by atoms with Crippen LogP contribution in [0, 0.1) is 0 Å². The van der Waals surface area contributed by atoms with Gasteiger partial charge in [-0.25, -0.2) is 9.69 Å². The number of carbonyl (C=O) groups excluding carboxylic acids is 3. The molecule has 4 aliphatic rings. The first kappa shape index (κ1) is 25.4. The number of hydrogen-bond donors (Lipinski definition) is 1. The Morgan fingerprint density at radius 3 is 2.43 bits per heavy atom. The van der Waals surface area contributed by atoms with Crippen LogP contribution in [0.3, 0.4) is 0 Å². The largest absolute Gasteiger partial charge is 0.497 e. The highest BCUT2D eigenvalue weighted by Crippen LogP contribution is 2.42. The maximum absolute atomic E-state index is 13.3. The summed E-state index contributed by atoms with van der Waals surface area (Å²) >= 11 is 0. The van der Waals surface area contributed by atoms with Crippen molar-refractivity contribution in [1.82, 2.24) is 14.7 Å². The van der Waals surface area contributed by atoms with E-state index in [1.54, 1.807) is 38.4 Å². The van der Waals surface area contributed by atoms with E-state index in [9.17, 15) is 14.4 Å². The summed E-state index contributed by atoms with van der Waals surface area (Å²) in [6.07, 6.45) is 4.88. The molecule has 1 aromatic rings. The first-order chi connectivity index (χ1) is 17.7. The molecule has 10 heteroatoms. The van der Waals surface area contributed by atoms with Crippen molar-refractivity contribution < 1.29 is 23.9 Å². The van der Waals surface area contributed by atoms with Crippen LogP contribution in [0.25, 0.3) is 0 Å². The number of hydrogen-bond acceptors (Lipinski definition) is 7. The fourth-order valence-corrected chi connectivity index (χ4v) is 5.63. The van der Waals surface area contributed by atoms with Crippen LogP contribution in [0.5, 0.6) is 0 Å². The molecular weight excluding hydrogens is 474 g/mol. The Morgan fingerprint density at radius 2 is 1.81 bits per heavy atom. The van der Waals surface area contributed by atoms with E-state index >= 15 is 0 Å². The summed E-state index contributed by atoms with van der Waals surface area (Å²) in [6.45, 7) is 5.94. The van der Waals surface area contributed by atoms with Gasteiger partial charge in [0.15, 0.2) is 0 Å². The number of nitrogens with one attached hydrogen (secondary N) is 1. The van der Waals surface area contributed by atoms with Gasteiger partial charge in [-0.1, -0.05) is 0 Å². The molecule has 3 heterocycles. The lowest BCUT2D eigenvalue weighted by molar-refractivity contribution is -0.151. The monoisotopic (exact) mass is 509 g/mol. The molecule has 3 unspecified atom stereocenters. The second-order valence-corrected chi connectivity index (χ2v) is 10.4. The molecule has 1 aliphatic carbocycles. The van der Waals surface area contributed by atoms with Crippen LogP contribution in [-0.2, 0) is 19.1 Å². The molecule has 3 saturated heterocycles. The van der Waals surface area contributed by atoms with E-state index in [-0.39, 0.29) is 30.4 Å². The molecule has 0 saturated carbocycles. The number of urea groups is 1. The predicted molar refractivity (Wildman–Crippen MR) is 139 cm³/mol. The summed E-state index contributed by atoms with van der Waals surface area (Å²) in [4.78, 5) is 44.9. The minimum absolute atomic E-state index is 0.0281. The molecule has 10 nitrogen and oxygen atoms in total. The SMILES string of the molecule is COC1=CC(N2CCN(C)CC2)C2(C)OC(C(=O)Nc3ccc(N4C(=O)CN(C)C4=O)cc3)CCC2=C1. The summed E-state index contributed by atoms with van der Waals surface area (Å²) in [5, 5.41) is 2.95. The molecule has 0 radical (unpaired) electrons. The van der Waals surface area contributed by atoms with Gasteiger partial charge in [-0.3, -0.25) is 14.5 Å². The lowest BCUT2D eigenvalue weighted by atomic mass is 9.77. The Kier molecular flexibility index (Phi) is 6.82. The number of piperazine rings is 1. The molecule has 198 valence electrons. The zero-order chi connectivity index (χ0) is 26.3. The van der Waals surface area contributed by atoms with Crippen molar-refractivity contribution in [1.29, 1.82) is 0 Å². The second-order valence-electron chi connectivity index (χ2n) is 10.4. The Morgan fingerprint density at radius 1 is 1.11 bits per heavy atom. The van der Waals surface area contributed by atoms with Gasteiger partial charge in [0.1, 0.15) is 24.0 Å². The molecule has 3 fully saturated rings. The first-order valence-electron chi connectivity index (χ1n) is 12.8. The highest BCUT2D eigenvalue weighted by molar-refractivity contribution is 6.19. The fourth-order valence-electron chi connectivity index (χ4n) is 5.63. The number of anilines is 2. The number of likely N-dealkylation sites (N-methyl/N-ethyl adjacent to an activating group) is 2. The average molecular weight is 510 g/mol. The third kappa shape index (κ3) is 4.76. The average Bonchev–Trinajstić information content (AvgIpc) is 3.14. The fraction of sp³-hybridized carbons (Fsp3) is 0.519. The Labute approximate surface area is 217 Å². The molecule has 1 N–H and O–H groups in total. The molecule has 0 aromatic heterocycles. The number of allylic oxidation sites excluding steroid dienone is 1. The molecule has 37 heavy (non-hydrogen) atoms. The first-order valence-corrected chi connectivity index (χ1v) is 12.8. The van der Waals surface area contributed by atoms with Crippen molar-refractivity contribution in [2.75, 3.05) is 64.1 Å². The van der Waals surface area contributed by atoms with Crippen molar-refractivity contribution in [2.24, 2.45) is 0 Å². The Hall–Kier alpha value is -3.21. The Bertz CT molecular complexity index is 1140. The van der Waals surface area contributed by atoms with E-state index in [0.717, 1.165) is 48.8 Å². The Balaban J connectivity index is 1.29. The highest BCUT2D eigenvalue weighted by atomic mass is 16.5. The van der Waals surface area contributed by atoms with Crippen molar-refractivity contribution in [3.8, 4) is 0 Å². The van der Waals surface area contributed by atoms with E-state index in [4.69, 9.17) is 9.47 Å². The quantitative estimate of drug-likeness (QED) is 0.607. The summed E-state index contributed by atoms with van der Waals surface area (Å²) < 4.78 is 12.2. The summed E-state index contributed by atoms with van der Waals surface area (Å²) in [7, 11) is 5.41. The molecule has 3 atom stereocenters. The van der Waals surface area contributed by atoms with Gasteiger partial charge >= 0.3 is 6.03 Å². The van der Waals surface area contributed by atoms with Crippen molar-refractivity contribution in [3.05, 3.63) is 47.7 Å². The van der Waals surface area contributed by atoms with Crippen LogP contribution in [0.4, 0.5) is 16.2 Å². The normalized spacial score (nSPS) is 29.1. The van der Waals surface area contributed by atoms with Crippen LogP contribution < -0.4 is 10.2 Å². The second kappa shape index (κ2) is 9.92. The van der Waals surface area contributed by atoms with Crippen LogP contribution in [0.1, 0.15) is 19.8 Å². The topological polar surface area (TPSA) is 94.7 Å². The molecule has 1 aromatic carbocycles. The number of benzene rings is 1. The smallest absolute Gasteiger partial charge is 0.331 e. The molecule has 3 aliphatic heterocycles. The van der Waals surface area contributed by atoms with E-state index < -0.39 is 11.7 Å². The van der Waals surface area contributed by atoms with E-state index in [1.807, 2.05) is 0 Å². The summed E-state index contributed by atoms with van der Waals surface area (Å²) in [5.74, 6) is 0.356. The van der Waals surface area contributed by atoms with Crippen LogP contribution in [0.2, 0.25) is 0 Å². The zero-order valence-corrected chi connectivity index (χ0v) is 21.9. The lowest BCUT2D eigenvalue weighted by Crippen LogP contribution is -2.61. The number of methoxy groups -OCH3 is 1. The number of carbonyl (C=O) groups is 3. The predicted octanol–water partition coefficient (Wildman–Crippen LogP) is 2.05. The minimum Gasteiger partial charge on any atom is -0.497 e. The van der Waals surface area contributed by atoms with Gasteiger partial charge < -0.3 is 24.6 Å². The van der Waals surface area contributed by atoms with Gasteiger partial charge in [0, 0.05) is 38.9 Å².